The molecule has 2 aromatic heterocycles. The Hall–Kier alpha value is -2.30. The second kappa shape index (κ2) is 4.80. The summed E-state index contributed by atoms with van der Waals surface area (Å²) in [4.78, 5) is 10.7. The molecule has 0 aliphatic carbocycles. The number of H-pyrrole nitrogens is 1. The van der Waals surface area contributed by atoms with Crippen LogP contribution in [0, 0.1) is 0 Å². The summed E-state index contributed by atoms with van der Waals surface area (Å²) in [6, 6.07) is 5.48. The Kier molecular flexibility index (Phi) is 2.97. The van der Waals surface area contributed by atoms with Crippen molar-refractivity contribution in [1.82, 2.24) is 15.0 Å². The summed E-state index contributed by atoms with van der Waals surface area (Å²) in [5, 5.41) is 7.77. The van der Waals surface area contributed by atoms with E-state index in [1.165, 1.54) is 0 Å². The van der Waals surface area contributed by atoms with Gasteiger partial charge in [0.05, 0.1) is 6.21 Å². The van der Waals surface area contributed by atoms with E-state index in [9.17, 15) is 0 Å². The van der Waals surface area contributed by atoms with Gasteiger partial charge in [-0.3, -0.25) is 4.98 Å². The van der Waals surface area contributed by atoms with Crippen LogP contribution in [0.3, 0.4) is 0 Å². The fourth-order valence-corrected chi connectivity index (χ4v) is 0.971. The third kappa shape index (κ3) is 2.84. The fraction of sp³-hybridized carbons (Fsp3) is 0. The number of aromatic amines is 1. The largest absolute Gasteiger partial charge is 0.329 e. The second-order valence-electron chi connectivity index (χ2n) is 2.73. The van der Waals surface area contributed by atoms with E-state index in [4.69, 9.17) is 0 Å². The average Bonchev–Trinajstić information content (AvgIpc) is 2.32. The number of hydrogen-bond acceptors (Lipinski definition) is 4. The lowest BCUT2D eigenvalue weighted by Crippen LogP contribution is -2.09. The molecule has 0 fully saturated rings. The van der Waals surface area contributed by atoms with Crippen molar-refractivity contribution in [1.29, 1.82) is 0 Å². The lowest BCUT2D eigenvalue weighted by Gasteiger charge is -1.87. The lowest BCUT2D eigenvalue weighted by molar-refractivity contribution is 0.952. The first-order chi connectivity index (χ1) is 7.45. The zero-order valence-corrected chi connectivity index (χ0v) is 7.91. The molecule has 0 saturated heterocycles. The quantitative estimate of drug-likeness (QED) is 0.572. The number of rotatable bonds is 2. The monoisotopic (exact) mass is 199 g/mol. The van der Waals surface area contributed by atoms with Gasteiger partial charge in [0, 0.05) is 24.8 Å². The highest BCUT2D eigenvalue weighted by atomic mass is 15.2. The molecule has 0 unspecified atom stereocenters. The molecule has 0 bridgehead atoms. The third-order valence-electron chi connectivity index (χ3n) is 1.66. The lowest BCUT2D eigenvalue weighted by atomic mass is 10.3. The van der Waals surface area contributed by atoms with Crippen molar-refractivity contribution in [2.45, 2.75) is 0 Å². The molecule has 15 heavy (non-hydrogen) atoms. The van der Waals surface area contributed by atoms with Crippen molar-refractivity contribution in [3.63, 3.8) is 0 Å². The van der Waals surface area contributed by atoms with E-state index in [0.717, 1.165) is 5.56 Å². The average molecular weight is 199 g/mol. The van der Waals surface area contributed by atoms with Gasteiger partial charge >= 0.3 is 0 Å². The molecule has 0 amide bonds. The predicted octanol–water partition coefficient (Wildman–Crippen LogP) is 0.740. The zero-order valence-electron chi connectivity index (χ0n) is 7.91. The van der Waals surface area contributed by atoms with Gasteiger partial charge in [0.15, 0.2) is 0 Å². The number of nitrogens with one attached hydrogen (secondary N) is 1. The summed E-state index contributed by atoms with van der Waals surface area (Å²) in [6.07, 6.45) is 8.44. The summed E-state index contributed by atoms with van der Waals surface area (Å²) >= 11 is 0. The summed E-state index contributed by atoms with van der Waals surface area (Å²) < 4.78 is 0. The molecule has 2 rings (SSSR count). The SMILES string of the molecule is C(=NN=c1nccc[nH]1)c1ccncc1. The van der Waals surface area contributed by atoms with E-state index in [1.54, 1.807) is 37.1 Å². The Balaban J connectivity index is 2.15. The topological polar surface area (TPSA) is 66.3 Å². The molecule has 0 atom stereocenters. The summed E-state index contributed by atoms with van der Waals surface area (Å²) in [5.41, 5.74) is 1.42. The van der Waals surface area contributed by atoms with Gasteiger partial charge in [-0.05, 0) is 23.8 Å². The van der Waals surface area contributed by atoms with Gasteiger partial charge < -0.3 is 4.98 Å². The van der Waals surface area contributed by atoms with Gasteiger partial charge in [-0.25, -0.2) is 4.98 Å². The van der Waals surface area contributed by atoms with E-state index >= 15 is 0 Å². The first-order valence-electron chi connectivity index (χ1n) is 4.42. The van der Waals surface area contributed by atoms with Crippen LogP contribution in [0.1, 0.15) is 5.56 Å². The summed E-state index contributed by atoms with van der Waals surface area (Å²) in [7, 11) is 0. The molecular weight excluding hydrogens is 190 g/mol. The number of hydrogen-bond donors (Lipinski definition) is 1. The van der Waals surface area contributed by atoms with E-state index in [2.05, 4.69) is 25.2 Å². The van der Waals surface area contributed by atoms with E-state index in [-0.39, 0.29) is 0 Å². The second-order valence-corrected chi connectivity index (χ2v) is 2.73. The maximum Gasteiger partial charge on any atom is 0.246 e. The Bertz CT molecular complexity index is 483. The Morgan fingerprint density at radius 2 is 2.07 bits per heavy atom. The highest BCUT2D eigenvalue weighted by molar-refractivity contribution is 5.78. The van der Waals surface area contributed by atoms with Gasteiger partial charge in [-0.2, -0.15) is 5.10 Å². The van der Waals surface area contributed by atoms with Crippen LogP contribution < -0.4 is 5.62 Å². The van der Waals surface area contributed by atoms with Crippen molar-refractivity contribution in [3.8, 4) is 0 Å². The van der Waals surface area contributed by atoms with Crippen LogP contribution in [-0.4, -0.2) is 21.2 Å². The maximum absolute atomic E-state index is 3.96. The number of pyridine rings is 1. The van der Waals surface area contributed by atoms with E-state index in [1.807, 2.05) is 12.1 Å². The van der Waals surface area contributed by atoms with Crippen molar-refractivity contribution in [2.75, 3.05) is 0 Å². The molecule has 2 aromatic rings. The highest BCUT2D eigenvalue weighted by Crippen LogP contribution is 1.90. The number of nitrogens with zero attached hydrogens (tertiary/aromatic N) is 4. The van der Waals surface area contributed by atoms with Crippen LogP contribution >= 0.6 is 0 Å². The van der Waals surface area contributed by atoms with Crippen LogP contribution in [-0.2, 0) is 0 Å². The molecule has 0 radical (unpaired) electrons. The van der Waals surface area contributed by atoms with Gasteiger partial charge in [0.25, 0.3) is 0 Å². The standard InChI is InChI=1S/C10H9N5/c1-4-12-10(13-5-1)15-14-8-9-2-6-11-7-3-9/h1-8H,(H,12,13,15). The van der Waals surface area contributed by atoms with Crippen LogP contribution in [0.5, 0.6) is 0 Å². The van der Waals surface area contributed by atoms with Crippen molar-refractivity contribution in [2.24, 2.45) is 10.2 Å². The van der Waals surface area contributed by atoms with Gasteiger partial charge in [-0.1, -0.05) is 0 Å². The van der Waals surface area contributed by atoms with E-state index < -0.39 is 0 Å². The van der Waals surface area contributed by atoms with Crippen molar-refractivity contribution >= 4 is 6.21 Å². The van der Waals surface area contributed by atoms with Crippen molar-refractivity contribution < 1.29 is 0 Å². The maximum atomic E-state index is 3.96. The summed E-state index contributed by atoms with van der Waals surface area (Å²) in [6.45, 7) is 0. The van der Waals surface area contributed by atoms with Gasteiger partial charge in [0.1, 0.15) is 0 Å². The van der Waals surface area contributed by atoms with Gasteiger partial charge in [-0.15, -0.1) is 5.10 Å². The molecule has 74 valence electrons. The minimum absolute atomic E-state index is 0.475. The number of aromatic nitrogens is 3. The van der Waals surface area contributed by atoms with Crippen LogP contribution in [0.15, 0.2) is 53.2 Å². The van der Waals surface area contributed by atoms with E-state index in [0.29, 0.717) is 5.62 Å². The molecule has 5 heteroatoms. The molecule has 0 aromatic carbocycles. The van der Waals surface area contributed by atoms with Crippen LogP contribution in [0.4, 0.5) is 0 Å². The summed E-state index contributed by atoms with van der Waals surface area (Å²) in [5.74, 6) is 0. The first kappa shape index (κ1) is 9.26. The molecule has 0 spiro atoms. The van der Waals surface area contributed by atoms with Crippen LogP contribution in [0.2, 0.25) is 0 Å². The Morgan fingerprint density at radius 3 is 2.80 bits per heavy atom. The molecular formula is C10H9N5. The predicted molar refractivity (Wildman–Crippen MR) is 56.0 cm³/mol. The minimum Gasteiger partial charge on any atom is -0.329 e. The molecule has 0 saturated carbocycles. The molecule has 5 nitrogen and oxygen atoms in total. The minimum atomic E-state index is 0.475. The van der Waals surface area contributed by atoms with Crippen LogP contribution in [0.25, 0.3) is 0 Å². The smallest absolute Gasteiger partial charge is 0.246 e. The molecule has 0 aliphatic heterocycles. The third-order valence-corrected chi connectivity index (χ3v) is 1.66. The molecule has 1 N–H and O–H groups in total. The Labute approximate surface area is 86.3 Å². The highest BCUT2D eigenvalue weighted by Gasteiger charge is 1.82. The Morgan fingerprint density at radius 1 is 1.20 bits per heavy atom. The fourth-order valence-electron chi connectivity index (χ4n) is 0.971. The normalized spacial score (nSPS) is 12.1. The van der Waals surface area contributed by atoms with Gasteiger partial charge in [0.2, 0.25) is 5.62 Å². The molecule has 0 aliphatic rings. The molecule has 2 heterocycles. The van der Waals surface area contributed by atoms with Crippen molar-refractivity contribution in [3.05, 3.63) is 54.2 Å². The zero-order chi connectivity index (χ0) is 10.3. The first-order valence-corrected chi connectivity index (χ1v) is 4.42.